The van der Waals surface area contributed by atoms with Gasteiger partial charge in [0.25, 0.3) is 5.91 Å². The number of H-pyrrole nitrogens is 1. The molecule has 1 heterocycles. The molecule has 0 aliphatic heterocycles. The zero-order valence-corrected chi connectivity index (χ0v) is 8.73. The number of carbonyl (C=O) groups excluding carboxylic acids is 1. The highest BCUT2D eigenvalue weighted by Crippen LogP contribution is 1.89. The van der Waals surface area contributed by atoms with Crippen LogP contribution in [0.4, 0.5) is 0 Å². The summed E-state index contributed by atoms with van der Waals surface area (Å²) in [7, 11) is 0. The van der Waals surface area contributed by atoms with Crippen LogP contribution < -0.4 is 10.9 Å². The van der Waals surface area contributed by atoms with Crippen molar-refractivity contribution >= 4 is 5.91 Å². The van der Waals surface area contributed by atoms with Crippen molar-refractivity contribution in [1.82, 2.24) is 10.3 Å². The average Bonchev–Trinajstić information content (AvgIpc) is 2.28. The average molecular weight is 226 g/mol. The van der Waals surface area contributed by atoms with Crippen molar-refractivity contribution in [1.29, 1.82) is 0 Å². The number of rotatable bonds is 6. The number of aromatic nitrogens is 1. The van der Waals surface area contributed by atoms with Crippen LogP contribution in [0.5, 0.6) is 0 Å². The summed E-state index contributed by atoms with van der Waals surface area (Å²) < 4.78 is 4.96. The standard InChI is InChI=1S/C10H14N2O4/c13-5-7-16-6-4-11-10(15)8-2-1-3-9(14)12-8/h1-3,13H,4-7H2,(H,11,15)(H,12,14). The lowest BCUT2D eigenvalue weighted by Gasteiger charge is -2.05. The monoisotopic (exact) mass is 226 g/mol. The van der Waals surface area contributed by atoms with E-state index >= 15 is 0 Å². The van der Waals surface area contributed by atoms with E-state index in [-0.39, 0.29) is 30.4 Å². The molecule has 1 amide bonds. The first-order valence-electron chi connectivity index (χ1n) is 4.90. The van der Waals surface area contributed by atoms with Crippen LogP contribution in [0.15, 0.2) is 23.0 Å². The van der Waals surface area contributed by atoms with E-state index in [4.69, 9.17) is 9.84 Å². The largest absolute Gasteiger partial charge is 0.394 e. The molecule has 1 aromatic rings. The summed E-state index contributed by atoms with van der Waals surface area (Å²) in [4.78, 5) is 24.8. The van der Waals surface area contributed by atoms with E-state index in [1.807, 2.05) is 0 Å². The predicted octanol–water partition coefficient (Wildman–Crippen LogP) is -0.886. The van der Waals surface area contributed by atoms with Gasteiger partial charge in [-0.1, -0.05) is 6.07 Å². The SMILES string of the molecule is O=C(NCCOCCO)c1cccc(=O)[nH]1. The summed E-state index contributed by atoms with van der Waals surface area (Å²) in [5.74, 6) is -0.356. The molecule has 6 heteroatoms. The molecule has 88 valence electrons. The first kappa shape index (κ1) is 12.4. The summed E-state index contributed by atoms with van der Waals surface area (Å²) in [6, 6.07) is 4.36. The lowest BCUT2D eigenvalue weighted by atomic mass is 10.3. The van der Waals surface area contributed by atoms with Gasteiger partial charge in [-0.25, -0.2) is 0 Å². The molecule has 0 fully saturated rings. The van der Waals surface area contributed by atoms with E-state index in [2.05, 4.69) is 10.3 Å². The van der Waals surface area contributed by atoms with E-state index in [9.17, 15) is 9.59 Å². The third-order valence-corrected chi connectivity index (χ3v) is 1.78. The van der Waals surface area contributed by atoms with Crippen LogP contribution in [0.25, 0.3) is 0 Å². The Morgan fingerprint density at radius 1 is 1.44 bits per heavy atom. The minimum absolute atomic E-state index is 0.0417. The van der Waals surface area contributed by atoms with E-state index in [0.29, 0.717) is 13.2 Å². The number of hydrogen-bond donors (Lipinski definition) is 3. The van der Waals surface area contributed by atoms with Crippen LogP contribution in [0.1, 0.15) is 10.5 Å². The highest BCUT2D eigenvalue weighted by atomic mass is 16.5. The van der Waals surface area contributed by atoms with Crippen LogP contribution in [0, 0.1) is 0 Å². The Balaban J connectivity index is 2.33. The van der Waals surface area contributed by atoms with Crippen molar-refractivity contribution in [2.45, 2.75) is 0 Å². The van der Waals surface area contributed by atoms with Crippen molar-refractivity contribution in [2.24, 2.45) is 0 Å². The first-order valence-corrected chi connectivity index (χ1v) is 4.90. The van der Waals surface area contributed by atoms with Gasteiger partial charge in [-0.15, -0.1) is 0 Å². The number of carbonyl (C=O) groups is 1. The maximum Gasteiger partial charge on any atom is 0.267 e. The molecule has 0 atom stereocenters. The molecule has 0 unspecified atom stereocenters. The van der Waals surface area contributed by atoms with Gasteiger partial charge in [-0.3, -0.25) is 9.59 Å². The number of amides is 1. The number of aliphatic hydroxyl groups is 1. The minimum Gasteiger partial charge on any atom is -0.394 e. The van der Waals surface area contributed by atoms with Gasteiger partial charge in [0.2, 0.25) is 5.56 Å². The molecule has 6 nitrogen and oxygen atoms in total. The topological polar surface area (TPSA) is 91.4 Å². The van der Waals surface area contributed by atoms with Crippen molar-refractivity contribution in [3.8, 4) is 0 Å². The maximum atomic E-state index is 11.4. The van der Waals surface area contributed by atoms with Gasteiger partial charge in [-0.2, -0.15) is 0 Å². The van der Waals surface area contributed by atoms with Gasteiger partial charge >= 0.3 is 0 Å². The summed E-state index contributed by atoms with van der Waals surface area (Å²) in [6.07, 6.45) is 0. The van der Waals surface area contributed by atoms with Gasteiger partial charge in [-0.05, 0) is 6.07 Å². The Hall–Kier alpha value is -1.66. The Morgan fingerprint density at radius 2 is 2.25 bits per heavy atom. The Morgan fingerprint density at radius 3 is 2.94 bits per heavy atom. The highest BCUT2D eigenvalue weighted by molar-refractivity contribution is 5.92. The fraction of sp³-hybridized carbons (Fsp3) is 0.400. The molecular formula is C10H14N2O4. The second kappa shape index (κ2) is 6.76. The van der Waals surface area contributed by atoms with Gasteiger partial charge < -0.3 is 20.1 Å². The second-order valence-corrected chi connectivity index (χ2v) is 3.02. The maximum absolute atomic E-state index is 11.4. The lowest BCUT2D eigenvalue weighted by molar-refractivity contribution is 0.0835. The molecule has 0 saturated carbocycles. The molecule has 0 bridgehead atoms. The summed E-state index contributed by atoms with van der Waals surface area (Å²) in [6.45, 7) is 0.858. The fourth-order valence-corrected chi connectivity index (χ4v) is 1.08. The quantitative estimate of drug-likeness (QED) is 0.549. The molecule has 3 N–H and O–H groups in total. The third kappa shape index (κ3) is 4.24. The summed E-state index contributed by atoms with van der Waals surface area (Å²) >= 11 is 0. The molecule has 0 aliphatic carbocycles. The summed E-state index contributed by atoms with van der Waals surface area (Å²) in [5, 5.41) is 11.0. The number of nitrogens with one attached hydrogen (secondary N) is 2. The molecule has 1 aromatic heterocycles. The van der Waals surface area contributed by atoms with Gasteiger partial charge in [0, 0.05) is 12.6 Å². The number of aliphatic hydroxyl groups excluding tert-OH is 1. The van der Waals surface area contributed by atoms with Crippen LogP contribution >= 0.6 is 0 Å². The van der Waals surface area contributed by atoms with E-state index in [1.54, 1.807) is 0 Å². The van der Waals surface area contributed by atoms with E-state index in [1.165, 1.54) is 18.2 Å². The predicted molar refractivity (Wildman–Crippen MR) is 57.3 cm³/mol. The van der Waals surface area contributed by atoms with Crippen LogP contribution in [0.3, 0.4) is 0 Å². The molecule has 1 rings (SSSR count). The molecule has 0 aliphatic rings. The molecule has 0 radical (unpaired) electrons. The number of hydrogen-bond acceptors (Lipinski definition) is 4. The van der Waals surface area contributed by atoms with Crippen LogP contribution in [0.2, 0.25) is 0 Å². The van der Waals surface area contributed by atoms with Gasteiger partial charge in [0.15, 0.2) is 0 Å². The Kier molecular flexibility index (Phi) is 5.24. The Bertz CT molecular complexity index is 388. The number of pyridine rings is 1. The normalized spacial score (nSPS) is 10.1. The smallest absolute Gasteiger partial charge is 0.267 e. The van der Waals surface area contributed by atoms with Crippen LogP contribution in [-0.4, -0.2) is 42.4 Å². The fourth-order valence-electron chi connectivity index (χ4n) is 1.08. The van der Waals surface area contributed by atoms with Crippen molar-refractivity contribution in [2.75, 3.05) is 26.4 Å². The van der Waals surface area contributed by atoms with Gasteiger partial charge in [0.05, 0.1) is 19.8 Å². The Labute approximate surface area is 92.3 Å². The number of aromatic amines is 1. The molecular weight excluding hydrogens is 212 g/mol. The molecule has 16 heavy (non-hydrogen) atoms. The van der Waals surface area contributed by atoms with Crippen LogP contribution in [-0.2, 0) is 4.74 Å². The first-order chi connectivity index (χ1) is 7.74. The molecule has 0 spiro atoms. The molecule has 0 aromatic carbocycles. The van der Waals surface area contributed by atoms with E-state index in [0.717, 1.165) is 0 Å². The van der Waals surface area contributed by atoms with E-state index < -0.39 is 0 Å². The van der Waals surface area contributed by atoms with Crippen molar-refractivity contribution < 1.29 is 14.6 Å². The van der Waals surface area contributed by atoms with Crippen molar-refractivity contribution in [3.05, 3.63) is 34.2 Å². The zero-order chi connectivity index (χ0) is 11.8. The minimum atomic E-state index is -0.356. The zero-order valence-electron chi connectivity index (χ0n) is 8.73. The lowest BCUT2D eigenvalue weighted by Crippen LogP contribution is -2.29. The number of ether oxygens (including phenoxy) is 1. The third-order valence-electron chi connectivity index (χ3n) is 1.78. The highest BCUT2D eigenvalue weighted by Gasteiger charge is 2.04. The summed E-state index contributed by atoms with van der Waals surface area (Å²) in [5.41, 5.74) is -0.0983. The molecule has 0 saturated heterocycles. The van der Waals surface area contributed by atoms with Crippen molar-refractivity contribution in [3.63, 3.8) is 0 Å². The second-order valence-electron chi connectivity index (χ2n) is 3.02. The van der Waals surface area contributed by atoms with Gasteiger partial charge in [0.1, 0.15) is 5.69 Å².